The van der Waals surface area contributed by atoms with Crippen molar-refractivity contribution in [2.45, 2.75) is 59.3 Å². The smallest absolute Gasteiger partial charge is 0.0317 e. The van der Waals surface area contributed by atoms with E-state index >= 15 is 0 Å². The fraction of sp³-hybridized carbons (Fsp3) is 0.524. The minimum Gasteiger partial charge on any atom is -0.399 e. The number of rotatable bonds is 0. The van der Waals surface area contributed by atoms with Crippen LogP contribution in [0.4, 0.5) is 5.69 Å². The van der Waals surface area contributed by atoms with Crippen molar-refractivity contribution in [2.75, 3.05) is 5.73 Å². The highest BCUT2D eigenvalue weighted by atomic mass is 14.6. The van der Waals surface area contributed by atoms with Gasteiger partial charge >= 0.3 is 0 Å². The summed E-state index contributed by atoms with van der Waals surface area (Å²) < 4.78 is 0. The zero-order valence-corrected chi connectivity index (χ0v) is 14.4. The molecule has 4 rings (SSSR count). The van der Waals surface area contributed by atoms with Crippen molar-refractivity contribution in [1.82, 2.24) is 0 Å². The molecule has 0 spiro atoms. The van der Waals surface area contributed by atoms with Crippen molar-refractivity contribution < 1.29 is 0 Å². The summed E-state index contributed by atoms with van der Waals surface area (Å²) >= 11 is 0. The Morgan fingerprint density at radius 2 is 1.95 bits per heavy atom. The van der Waals surface area contributed by atoms with Gasteiger partial charge in [0.1, 0.15) is 0 Å². The number of nitrogen functional groups attached to an aromatic ring is 1. The first-order valence-electron chi connectivity index (χ1n) is 8.85. The van der Waals surface area contributed by atoms with Crippen LogP contribution in [0.3, 0.4) is 0 Å². The van der Waals surface area contributed by atoms with Crippen molar-refractivity contribution in [3.05, 3.63) is 52.6 Å². The van der Waals surface area contributed by atoms with E-state index in [4.69, 9.17) is 5.73 Å². The van der Waals surface area contributed by atoms with Crippen LogP contribution in [-0.4, -0.2) is 0 Å². The molecule has 0 saturated heterocycles. The van der Waals surface area contributed by atoms with Crippen molar-refractivity contribution in [3.8, 4) is 0 Å². The van der Waals surface area contributed by atoms with E-state index in [-0.39, 0.29) is 0 Å². The fourth-order valence-corrected chi connectivity index (χ4v) is 4.78. The SMILES string of the molecule is CC.CC1=CCC2C3=CCc4cc(N)ccc4C3CCC12C. The number of fused-ring (bicyclic) bond motifs is 5. The van der Waals surface area contributed by atoms with Crippen LogP contribution >= 0.6 is 0 Å². The molecule has 0 heterocycles. The molecule has 118 valence electrons. The summed E-state index contributed by atoms with van der Waals surface area (Å²) in [5, 5.41) is 0. The van der Waals surface area contributed by atoms with Crippen LogP contribution in [0.2, 0.25) is 0 Å². The molecule has 0 aromatic heterocycles. The van der Waals surface area contributed by atoms with Gasteiger partial charge in [-0.25, -0.2) is 0 Å². The van der Waals surface area contributed by atoms with E-state index in [1.165, 1.54) is 24.8 Å². The molecule has 3 aliphatic rings. The van der Waals surface area contributed by atoms with Gasteiger partial charge in [-0.2, -0.15) is 0 Å². The molecular weight excluding hydrogens is 266 g/mol. The highest BCUT2D eigenvalue weighted by Gasteiger charge is 2.47. The number of hydrogen-bond donors (Lipinski definition) is 1. The first kappa shape index (κ1) is 15.4. The van der Waals surface area contributed by atoms with Gasteiger partial charge in [0, 0.05) is 11.6 Å². The van der Waals surface area contributed by atoms with Gasteiger partial charge in [-0.3, -0.25) is 0 Å². The summed E-state index contributed by atoms with van der Waals surface area (Å²) in [7, 11) is 0. The maximum Gasteiger partial charge on any atom is 0.0317 e. The van der Waals surface area contributed by atoms with Gasteiger partial charge in [-0.15, -0.1) is 0 Å². The molecule has 1 heteroatoms. The van der Waals surface area contributed by atoms with E-state index in [0.717, 1.165) is 18.0 Å². The number of allylic oxidation sites excluding steroid dienone is 4. The van der Waals surface area contributed by atoms with Crippen molar-refractivity contribution in [3.63, 3.8) is 0 Å². The van der Waals surface area contributed by atoms with E-state index in [2.05, 4.69) is 44.2 Å². The summed E-state index contributed by atoms with van der Waals surface area (Å²) in [5.74, 6) is 1.39. The molecule has 1 saturated carbocycles. The van der Waals surface area contributed by atoms with Crippen LogP contribution in [0, 0.1) is 11.3 Å². The molecule has 0 radical (unpaired) electrons. The van der Waals surface area contributed by atoms with Gasteiger partial charge in [0.05, 0.1) is 0 Å². The number of nitrogens with two attached hydrogens (primary N) is 1. The first-order chi connectivity index (χ1) is 10.6. The number of anilines is 1. The van der Waals surface area contributed by atoms with Gasteiger partial charge in [-0.05, 0) is 67.2 Å². The minimum atomic E-state index is 0.424. The minimum absolute atomic E-state index is 0.424. The molecule has 1 aromatic rings. The lowest BCUT2D eigenvalue weighted by Gasteiger charge is -2.46. The second kappa shape index (κ2) is 5.61. The Morgan fingerprint density at radius 3 is 2.73 bits per heavy atom. The highest BCUT2D eigenvalue weighted by Crippen LogP contribution is 2.59. The lowest BCUT2D eigenvalue weighted by atomic mass is 9.58. The van der Waals surface area contributed by atoms with Crippen LogP contribution in [0.15, 0.2) is 41.5 Å². The fourth-order valence-electron chi connectivity index (χ4n) is 4.78. The Hall–Kier alpha value is -1.50. The maximum absolute atomic E-state index is 5.95. The molecule has 1 fully saturated rings. The van der Waals surface area contributed by atoms with Crippen molar-refractivity contribution in [1.29, 1.82) is 0 Å². The molecular formula is C21H29N. The molecule has 0 bridgehead atoms. The molecule has 3 atom stereocenters. The highest BCUT2D eigenvalue weighted by molar-refractivity contribution is 5.52. The molecule has 0 aliphatic heterocycles. The largest absolute Gasteiger partial charge is 0.399 e. The number of hydrogen-bond acceptors (Lipinski definition) is 1. The van der Waals surface area contributed by atoms with Gasteiger partial charge in [0.2, 0.25) is 0 Å². The third-order valence-corrected chi connectivity index (χ3v) is 6.19. The van der Waals surface area contributed by atoms with E-state index in [0.29, 0.717) is 11.3 Å². The predicted molar refractivity (Wildman–Crippen MR) is 95.9 cm³/mol. The van der Waals surface area contributed by atoms with Crippen LogP contribution in [-0.2, 0) is 6.42 Å². The summed E-state index contributed by atoms with van der Waals surface area (Å²) in [4.78, 5) is 0. The van der Waals surface area contributed by atoms with E-state index in [9.17, 15) is 0 Å². The summed E-state index contributed by atoms with van der Waals surface area (Å²) in [5.41, 5.74) is 13.6. The summed E-state index contributed by atoms with van der Waals surface area (Å²) in [6.45, 7) is 8.81. The topological polar surface area (TPSA) is 26.0 Å². The summed E-state index contributed by atoms with van der Waals surface area (Å²) in [6, 6.07) is 6.53. The van der Waals surface area contributed by atoms with Crippen molar-refractivity contribution >= 4 is 5.69 Å². The Kier molecular flexibility index (Phi) is 3.92. The monoisotopic (exact) mass is 295 g/mol. The maximum atomic E-state index is 5.95. The quantitative estimate of drug-likeness (QED) is 0.487. The Balaban J connectivity index is 0.000000693. The number of benzene rings is 1. The molecule has 3 aliphatic carbocycles. The van der Waals surface area contributed by atoms with Gasteiger partial charge in [-0.1, -0.05) is 50.1 Å². The van der Waals surface area contributed by atoms with Crippen LogP contribution in [0.5, 0.6) is 0 Å². The molecule has 1 nitrogen and oxygen atoms in total. The average Bonchev–Trinajstić information content (AvgIpc) is 2.84. The second-order valence-electron chi connectivity index (χ2n) is 7.05. The van der Waals surface area contributed by atoms with Crippen LogP contribution < -0.4 is 5.73 Å². The zero-order valence-electron chi connectivity index (χ0n) is 14.4. The molecule has 22 heavy (non-hydrogen) atoms. The summed E-state index contributed by atoms with van der Waals surface area (Å²) in [6.07, 6.45) is 9.92. The predicted octanol–water partition coefficient (Wildman–Crippen LogP) is 5.63. The van der Waals surface area contributed by atoms with Crippen LogP contribution in [0.25, 0.3) is 0 Å². The Bertz CT molecular complexity index is 637. The van der Waals surface area contributed by atoms with E-state index in [1.807, 2.05) is 13.8 Å². The Labute approximate surface area is 135 Å². The lowest BCUT2D eigenvalue weighted by molar-refractivity contribution is 0.218. The van der Waals surface area contributed by atoms with E-state index in [1.54, 1.807) is 16.7 Å². The molecule has 3 unspecified atom stereocenters. The second-order valence-corrected chi connectivity index (χ2v) is 7.05. The third kappa shape index (κ3) is 2.14. The Morgan fingerprint density at radius 1 is 1.18 bits per heavy atom. The standard InChI is InChI=1S/C19H23N.C2H6/c1-12-3-8-18-17-6-4-13-11-14(20)5-7-15(13)16(17)9-10-19(12,18)2;1-2/h3,5-7,11,16,18H,4,8-10,20H2,1-2H3;1-2H3. The van der Waals surface area contributed by atoms with Gasteiger partial charge < -0.3 is 5.73 Å². The van der Waals surface area contributed by atoms with E-state index < -0.39 is 0 Å². The zero-order chi connectivity index (χ0) is 15.9. The van der Waals surface area contributed by atoms with Crippen LogP contribution in [0.1, 0.15) is 64.0 Å². The normalized spacial score (nSPS) is 31.8. The molecule has 1 aromatic carbocycles. The molecule has 2 N–H and O–H groups in total. The average molecular weight is 295 g/mol. The lowest BCUT2D eigenvalue weighted by Crippen LogP contribution is -2.34. The third-order valence-electron chi connectivity index (χ3n) is 6.19. The molecule has 0 amide bonds. The van der Waals surface area contributed by atoms with Crippen molar-refractivity contribution in [2.24, 2.45) is 11.3 Å². The van der Waals surface area contributed by atoms with Gasteiger partial charge in [0.15, 0.2) is 0 Å². The van der Waals surface area contributed by atoms with Gasteiger partial charge in [0.25, 0.3) is 0 Å². The first-order valence-corrected chi connectivity index (χ1v) is 8.85.